The van der Waals surface area contributed by atoms with Crippen molar-refractivity contribution in [3.05, 3.63) is 51.1 Å². The number of aryl methyl sites for hydroxylation is 1. The van der Waals surface area contributed by atoms with Gasteiger partial charge in [0.25, 0.3) is 0 Å². The molecule has 0 radical (unpaired) electrons. The number of imidazole rings is 1. The SMILES string of the molecule is Cc1ccnc2c1[nH]c(=S)n2-c1cc(Br)ccc1F. The Morgan fingerprint density at radius 1 is 1.37 bits per heavy atom. The normalized spacial score (nSPS) is 11.1. The number of nitrogens with one attached hydrogen (secondary N) is 1. The highest BCUT2D eigenvalue weighted by atomic mass is 79.9. The Morgan fingerprint density at radius 3 is 2.95 bits per heavy atom. The van der Waals surface area contributed by atoms with E-state index in [1.807, 2.05) is 13.0 Å². The zero-order chi connectivity index (χ0) is 13.6. The van der Waals surface area contributed by atoms with Crippen LogP contribution in [0.15, 0.2) is 34.9 Å². The van der Waals surface area contributed by atoms with Gasteiger partial charge in [-0.1, -0.05) is 15.9 Å². The van der Waals surface area contributed by atoms with Gasteiger partial charge in [0.05, 0.1) is 11.2 Å². The maximum absolute atomic E-state index is 14.0. The molecule has 0 saturated carbocycles. The van der Waals surface area contributed by atoms with Crippen molar-refractivity contribution in [2.75, 3.05) is 0 Å². The number of fused-ring (bicyclic) bond motifs is 1. The lowest BCUT2D eigenvalue weighted by atomic mass is 10.2. The summed E-state index contributed by atoms with van der Waals surface area (Å²) in [5.74, 6) is -0.344. The molecule has 0 unspecified atom stereocenters. The molecule has 2 heterocycles. The molecular formula is C13H9BrFN3S. The molecule has 1 aromatic carbocycles. The number of hydrogen-bond donors (Lipinski definition) is 1. The molecule has 3 aromatic rings. The van der Waals surface area contributed by atoms with Crippen molar-refractivity contribution in [3.8, 4) is 5.69 Å². The minimum atomic E-state index is -0.344. The molecule has 2 aromatic heterocycles. The zero-order valence-corrected chi connectivity index (χ0v) is 12.3. The van der Waals surface area contributed by atoms with E-state index in [4.69, 9.17) is 12.2 Å². The topological polar surface area (TPSA) is 33.6 Å². The summed E-state index contributed by atoms with van der Waals surface area (Å²) in [5.41, 5.74) is 2.85. The first-order chi connectivity index (χ1) is 9.08. The van der Waals surface area contributed by atoms with Gasteiger partial charge in [-0.05, 0) is 49.0 Å². The van der Waals surface area contributed by atoms with Gasteiger partial charge in [0.1, 0.15) is 5.82 Å². The highest BCUT2D eigenvalue weighted by Gasteiger charge is 2.13. The second-order valence-electron chi connectivity index (χ2n) is 4.19. The van der Waals surface area contributed by atoms with Crippen LogP contribution < -0.4 is 0 Å². The summed E-state index contributed by atoms with van der Waals surface area (Å²) in [5, 5.41) is 0. The van der Waals surface area contributed by atoms with E-state index in [9.17, 15) is 4.39 Å². The highest BCUT2D eigenvalue weighted by molar-refractivity contribution is 9.10. The average Bonchev–Trinajstić information content (AvgIpc) is 2.70. The first kappa shape index (κ1) is 12.5. The third-order valence-electron chi connectivity index (χ3n) is 2.94. The Hall–Kier alpha value is -1.53. The van der Waals surface area contributed by atoms with E-state index in [0.717, 1.165) is 15.6 Å². The standard InChI is InChI=1S/C13H9BrFN3S/c1-7-4-5-16-12-11(7)17-13(19)18(12)10-6-8(14)2-3-9(10)15/h2-6H,1H3,(H,17,19). The summed E-state index contributed by atoms with van der Waals surface area (Å²) in [6.07, 6.45) is 1.69. The van der Waals surface area contributed by atoms with Gasteiger partial charge in [-0.3, -0.25) is 4.57 Å². The van der Waals surface area contributed by atoms with Gasteiger partial charge >= 0.3 is 0 Å². The number of benzene rings is 1. The molecule has 0 atom stereocenters. The molecule has 3 rings (SSSR count). The number of halogens is 2. The summed E-state index contributed by atoms with van der Waals surface area (Å²) < 4.78 is 16.8. The predicted molar refractivity (Wildman–Crippen MR) is 78.6 cm³/mol. The summed E-state index contributed by atoms with van der Waals surface area (Å²) in [4.78, 5) is 7.37. The first-order valence-corrected chi connectivity index (χ1v) is 6.80. The smallest absolute Gasteiger partial charge is 0.184 e. The molecule has 19 heavy (non-hydrogen) atoms. The molecule has 1 N–H and O–H groups in total. The van der Waals surface area contributed by atoms with Crippen LogP contribution in [0.2, 0.25) is 0 Å². The maximum Gasteiger partial charge on any atom is 0.184 e. The number of nitrogens with zero attached hydrogens (tertiary/aromatic N) is 2. The summed E-state index contributed by atoms with van der Waals surface area (Å²) in [7, 11) is 0. The molecule has 0 bridgehead atoms. The lowest BCUT2D eigenvalue weighted by molar-refractivity contribution is 0.618. The van der Waals surface area contributed by atoms with Crippen molar-refractivity contribution < 1.29 is 4.39 Å². The van der Waals surface area contributed by atoms with E-state index in [1.54, 1.807) is 22.9 Å². The molecule has 0 spiro atoms. The largest absolute Gasteiger partial charge is 0.329 e. The molecule has 0 amide bonds. The predicted octanol–water partition coefficient (Wildman–Crippen LogP) is 4.29. The minimum absolute atomic E-state index is 0.344. The van der Waals surface area contributed by atoms with E-state index < -0.39 is 0 Å². The number of H-pyrrole nitrogens is 1. The summed E-state index contributed by atoms with van der Waals surface area (Å²) in [6.45, 7) is 1.96. The maximum atomic E-state index is 14.0. The van der Waals surface area contributed by atoms with Crippen LogP contribution in [0, 0.1) is 17.5 Å². The van der Waals surface area contributed by atoms with Crippen LogP contribution in [0.5, 0.6) is 0 Å². The summed E-state index contributed by atoms with van der Waals surface area (Å²) >= 11 is 8.62. The van der Waals surface area contributed by atoms with Crippen LogP contribution in [-0.2, 0) is 0 Å². The van der Waals surface area contributed by atoms with Crippen LogP contribution >= 0.6 is 28.1 Å². The Morgan fingerprint density at radius 2 is 2.16 bits per heavy atom. The molecule has 0 aliphatic carbocycles. The van der Waals surface area contributed by atoms with Gasteiger partial charge in [-0.25, -0.2) is 9.37 Å². The molecule has 3 nitrogen and oxygen atoms in total. The van der Waals surface area contributed by atoms with Crippen molar-refractivity contribution >= 4 is 39.3 Å². The highest BCUT2D eigenvalue weighted by Crippen LogP contribution is 2.24. The first-order valence-electron chi connectivity index (χ1n) is 5.59. The fraction of sp³-hybridized carbons (Fsp3) is 0.0769. The van der Waals surface area contributed by atoms with Crippen molar-refractivity contribution in [1.82, 2.24) is 14.5 Å². The number of hydrogen-bond acceptors (Lipinski definition) is 2. The van der Waals surface area contributed by atoms with Gasteiger partial charge in [-0.15, -0.1) is 0 Å². The van der Waals surface area contributed by atoms with Gasteiger partial charge in [0.15, 0.2) is 10.4 Å². The molecule has 96 valence electrons. The monoisotopic (exact) mass is 337 g/mol. The van der Waals surface area contributed by atoms with Gasteiger partial charge in [0, 0.05) is 10.7 Å². The van der Waals surface area contributed by atoms with Crippen LogP contribution in [-0.4, -0.2) is 14.5 Å². The fourth-order valence-electron chi connectivity index (χ4n) is 2.01. The van der Waals surface area contributed by atoms with Gasteiger partial charge < -0.3 is 4.98 Å². The number of aromatic nitrogens is 3. The van der Waals surface area contributed by atoms with Crippen molar-refractivity contribution in [3.63, 3.8) is 0 Å². The lowest BCUT2D eigenvalue weighted by Gasteiger charge is -2.06. The second-order valence-corrected chi connectivity index (χ2v) is 5.49. The van der Waals surface area contributed by atoms with E-state index in [0.29, 0.717) is 16.1 Å². The summed E-state index contributed by atoms with van der Waals surface area (Å²) in [6, 6.07) is 6.61. The van der Waals surface area contributed by atoms with E-state index in [2.05, 4.69) is 25.9 Å². The number of rotatable bonds is 1. The Bertz CT molecular complexity index is 838. The molecule has 0 aliphatic rings. The van der Waals surface area contributed by atoms with Crippen molar-refractivity contribution in [2.45, 2.75) is 6.92 Å². The Labute approximate surface area is 122 Å². The average molecular weight is 338 g/mol. The van der Waals surface area contributed by atoms with Gasteiger partial charge in [0.2, 0.25) is 0 Å². The second kappa shape index (κ2) is 4.54. The Balaban J connectivity index is 2.43. The Kier molecular flexibility index (Phi) is 2.99. The lowest BCUT2D eigenvalue weighted by Crippen LogP contribution is -1.99. The van der Waals surface area contributed by atoms with Crippen LogP contribution in [0.1, 0.15) is 5.56 Å². The molecule has 0 aliphatic heterocycles. The van der Waals surface area contributed by atoms with Crippen LogP contribution in [0.25, 0.3) is 16.9 Å². The molecular weight excluding hydrogens is 329 g/mol. The van der Waals surface area contributed by atoms with E-state index >= 15 is 0 Å². The van der Waals surface area contributed by atoms with Crippen molar-refractivity contribution in [2.24, 2.45) is 0 Å². The zero-order valence-electron chi connectivity index (χ0n) is 9.95. The third kappa shape index (κ3) is 2.01. The third-order valence-corrected chi connectivity index (χ3v) is 3.71. The van der Waals surface area contributed by atoms with E-state index in [-0.39, 0.29) is 5.82 Å². The van der Waals surface area contributed by atoms with Gasteiger partial charge in [-0.2, -0.15) is 0 Å². The molecule has 0 saturated heterocycles. The van der Waals surface area contributed by atoms with E-state index in [1.165, 1.54) is 6.07 Å². The molecule has 0 fully saturated rings. The van der Waals surface area contributed by atoms with Crippen LogP contribution in [0.4, 0.5) is 4.39 Å². The number of pyridine rings is 1. The molecule has 6 heteroatoms. The minimum Gasteiger partial charge on any atom is -0.329 e. The van der Waals surface area contributed by atoms with Crippen LogP contribution in [0.3, 0.4) is 0 Å². The fourth-order valence-corrected chi connectivity index (χ4v) is 2.64. The quantitative estimate of drug-likeness (QED) is 0.672. The van der Waals surface area contributed by atoms with Crippen molar-refractivity contribution in [1.29, 1.82) is 0 Å². The number of aromatic amines is 1.